The van der Waals surface area contributed by atoms with Crippen molar-refractivity contribution in [2.45, 2.75) is 32.3 Å². The molecule has 1 aliphatic heterocycles. The molecule has 0 fully saturated rings. The lowest BCUT2D eigenvalue weighted by Gasteiger charge is -2.37. The summed E-state index contributed by atoms with van der Waals surface area (Å²) in [5.74, 6) is -2.36. The number of non-ortho nitro benzene ring substituents is 1. The lowest BCUT2D eigenvalue weighted by molar-refractivity contribution is -0.384. The van der Waals surface area contributed by atoms with Crippen LogP contribution in [0, 0.1) is 10.1 Å². The fourth-order valence-corrected chi connectivity index (χ4v) is 3.61. The van der Waals surface area contributed by atoms with Gasteiger partial charge in [0.15, 0.2) is 0 Å². The Labute approximate surface area is 180 Å². The van der Waals surface area contributed by atoms with Crippen molar-refractivity contribution in [3.8, 4) is 0 Å². The molecule has 1 aromatic carbocycles. The third-order valence-electron chi connectivity index (χ3n) is 5.20. The van der Waals surface area contributed by atoms with E-state index in [0.29, 0.717) is 17.0 Å². The van der Waals surface area contributed by atoms with Crippen LogP contribution in [0.2, 0.25) is 0 Å². The number of aliphatic hydroxyl groups excluding tert-OH is 1. The maximum atomic E-state index is 13.1. The van der Waals surface area contributed by atoms with Crippen LogP contribution < -0.4 is 5.73 Å². The van der Waals surface area contributed by atoms with Crippen LogP contribution in [0.1, 0.15) is 31.7 Å². The fraction of sp³-hybridized carbons (Fsp3) is 0.429. The molecule has 1 heterocycles. The van der Waals surface area contributed by atoms with E-state index in [1.54, 1.807) is 31.9 Å². The molecular weight excluding hydrogens is 406 g/mol. The molecule has 0 amide bonds. The van der Waals surface area contributed by atoms with Crippen LogP contribution in [0.3, 0.4) is 0 Å². The van der Waals surface area contributed by atoms with E-state index < -0.39 is 28.9 Å². The highest BCUT2D eigenvalue weighted by atomic mass is 16.6. The number of esters is 2. The lowest BCUT2D eigenvalue weighted by atomic mass is 9.78. The maximum absolute atomic E-state index is 13.1. The van der Waals surface area contributed by atoms with Crippen LogP contribution >= 0.6 is 0 Å². The molecule has 2 unspecified atom stereocenters. The maximum Gasteiger partial charge on any atom is 0.336 e. The molecule has 2 atom stereocenters. The number of methoxy groups -OCH3 is 1. The molecule has 31 heavy (non-hydrogen) atoms. The number of carbonyl (C=O) groups is 2. The molecule has 1 aromatic rings. The fourth-order valence-electron chi connectivity index (χ4n) is 3.61. The second-order valence-corrected chi connectivity index (χ2v) is 7.01. The van der Waals surface area contributed by atoms with Gasteiger partial charge in [-0.1, -0.05) is 12.1 Å². The average Bonchev–Trinajstić information content (AvgIpc) is 2.76. The number of allylic oxidation sites excluding steroid dienone is 1. The van der Waals surface area contributed by atoms with Crippen LogP contribution in [-0.4, -0.2) is 60.3 Å². The molecule has 3 N–H and O–H groups in total. The number of carbonyl (C=O) groups excluding carboxylic acids is 2. The van der Waals surface area contributed by atoms with Gasteiger partial charge in [0.2, 0.25) is 0 Å². The van der Waals surface area contributed by atoms with Gasteiger partial charge in [0, 0.05) is 43.5 Å². The minimum Gasteiger partial charge on any atom is -0.466 e. The zero-order valence-corrected chi connectivity index (χ0v) is 18.0. The monoisotopic (exact) mass is 433 g/mol. The first-order valence-corrected chi connectivity index (χ1v) is 9.73. The number of hydrogen-bond donors (Lipinski definition) is 2. The summed E-state index contributed by atoms with van der Waals surface area (Å²) >= 11 is 0. The van der Waals surface area contributed by atoms with Crippen LogP contribution in [-0.2, 0) is 19.1 Å². The molecule has 1 aliphatic rings. The zero-order valence-electron chi connectivity index (χ0n) is 18.0. The van der Waals surface area contributed by atoms with E-state index in [-0.39, 0.29) is 36.4 Å². The Morgan fingerprint density at radius 3 is 2.55 bits per heavy atom. The SMILES string of the molecule is CCOC(=O)C1=C(CC(O)CN)N(C)C(C)=C(C(=O)OC)C1c1cccc([N+](=O)[O-])c1. The van der Waals surface area contributed by atoms with Gasteiger partial charge in [-0.05, 0) is 19.4 Å². The van der Waals surface area contributed by atoms with Crippen LogP contribution in [0.25, 0.3) is 0 Å². The van der Waals surface area contributed by atoms with Gasteiger partial charge in [-0.3, -0.25) is 10.1 Å². The lowest BCUT2D eigenvalue weighted by Crippen LogP contribution is -2.36. The first kappa shape index (κ1) is 24.0. The van der Waals surface area contributed by atoms with Crippen molar-refractivity contribution in [2.24, 2.45) is 5.73 Å². The minimum absolute atomic E-state index is 0.0262. The number of rotatable bonds is 8. The van der Waals surface area contributed by atoms with E-state index in [4.69, 9.17) is 15.2 Å². The van der Waals surface area contributed by atoms with Gasteiger partial charge in [0.1, 0.15) is 0 Å². The van der Waals surface area contributed by atoms with Crippen molar-refractivity contribution >= 4 is 17.6 Å². The largest absolute Gasteiger partial charge is 0.466 e. The molecule has 10 nitrogen and oxygen atoms in total. The van der Waals surface area contributed by atoms with Gasteiger partial charge in [-0.15, -0.1) is 0 Å². The number of nitro groups is 1. The number of benzene rings is 1. The summed E-state index contributed by atoms with van der Waals surface area (Å²) in [6.07, 6.45) is -0.918. The summed E-state index contributed by atoms with van der Waals surface area (Å²) in [6.45, 7) is 3.36. The molecule has 0 radical (unpaired) electrons. The van der Waals surface area contributed by atoms with Crippen molar-refractivity contribution in [1.82, 2.24) is 4.90 Å². The second kappa shape index (κ2) is 10.2. The highest BCUT2D eigenvalue weighted by Crippen LogP contribution is 2.44. The quantitative estimate of drug-likeness (QED) is 0.354. The van der Waals surface area contributed by atoms with E-state index in [2.05, 4.69) is 0 Å². The van der Waals surface area contributed by atoms with E-state index >= 15 is 0 Å². The minimum atomic E-state index is -0.984. The highest BCUT2D eigenvalue weighted by molar-refractivity contribution is 6.00. The van der Waals surface area contributed by atoms with E-state index in [9.17, 15) is 24.8 Å². The Kier molecular flexibility index (Phi) is 7.89. The van der Waals surface area contributed by atoms with Crippen molar-refractivity contribution < 1.29 is 29.1 Å². The number of aliphatic hydroxyl groups is 1. The summed E-state index contributed by atoms with van der Waals surface area (Å²) in [5.41, 5.74) is 6.89. The Morgan fingerprint density at radius 1 is 1.32 bits per heavy atom. The van der Waals surface area contributed by atoms with Crippen molar-refractivity contribution in [2.75, 3.05) is 27.3 Å². The average molecular weight is 433 g/mol. The van der Waals surface area contributed by atoms with Crippen molar-refractivity contribution in [1.29, 1.82) is 0 Å². The topological polar surface area (TPSA) is 145 Å². The van der Waals surface area contributed by atoms with Gasteiger partial charge < -0.3 is 25.2 Å². The molecule has 0 spiro atoms. The van der Waals surface area contributed by atoms with Crippen molar-refractivity contribution in [3.05, 3.63) is 62.5 Å². The van der Waals surface area contributed by atoms with Gasteiger partial charge in [-0.25, -0.2) is 9.59 Å². The highest BCUT2D eigenvalue weighted by Gasteiger charge is 2.41. The number of nitro benzene ring substituents is 1. The standard InChI is InChI=1S/C21H27N3O7/c1-5-31-21(27)19-16(10-15(25)11-22)23(3)12(2)17(20(26)30-4)18(19)13-7-6-8-14(9-13)24(28)29/h6-9,15,18,25H,5,10-11,22H2,1-4H3. The molecule has 0 aromatic heterocycles. The van der Waals surface area contributed by atoms with E-state index in [0.717, 1.165) is 0 Å². The summed E-state index contributed by atoms with van der Waals surface area (Å²) in [6, 6.07) is 5.70. The Morgan fingerprint density at radius 2 is 2.00 bits per heavy atom. The first-order valence-electron chi connectivity index (χ1n) is 9.73. The molecule has 0 aliphatic carbocycles. The van der Waals surface area contributed by atoms with Crippen LogP contribution in [0.4, 0.5) is 5.69 Å². The summed E-state index contributed by atoms with van der Waals surface area (Å²) in [5, 5.41) is 21.5. The second-order valence-electron chi connectivity index (χ2n) is 7.01. The number of nitrogens with zero attached hydrogens (tertiary/aromatic N) is 2. The third kappa shape index (κ3) is 4.92. The molecule has 0 saturated heterocycles. The predicted molar refractivity (Wildman–Crippen MR) is 112 cm³/mol. The Balaban J connectivity index is 2.85. The third-order valence-corrected chi connectivity index (χ3v) is 5.20. The van der Waals surface area contributed by atoms with Gasteiger partial charge in [0.25, 0.3) is 5.69 Å². The van der Waals surface area contributed by atoms with Gasteiger partial charge in [0.05, 0.1) is 41.8 Å². The summed E-state index contributed by atoms with van der Waals surface area (Å²) < 4.78 is 10.2. The van der Waals surface area contributed by atoms with Gasteiger partial charge in [-0.2, -0.15) is 0 Å². The molecular formula is C21H27N3O7. The first-order chi connectivity index (χ1) is 14.7. The van der Waals surface area contributed by atoms with E-state index in [1.807, 2.05) is 0 Å². The van der Waals surface area contributed by atoms with Gasteiger partial charge >= 0.3 is 11.9 Å². The van der Waals surface area contributed by atoms with Crippen molar-refractivity contribution in [3.63, 3.8) is 0 Å². The number of hydrogen-bond acceptors (Lipinski definition) is 9. The molecule has 10 heteroatoms. The Hall–Kier alpha value is -3.24. The number of nitrogens with two attached hydrogens (primary N) is 1. The van der Waals surface area contributed by atoms with Crippen LogP contribution in [0.5, 0.6) is 0 Å². The Bertz CT molecular complexity index is 939. The zero-order chi connectivity index (χ0) is 23.3. The predicted octanol–water partition coefficient (Wildman–Crippen LogP) is 1.60. The van der Waals surface area contributed by atoms with Crippen LogP contribution in [0.15, 0.2) is 46.8 Å². The molecule has 2 rings (SSSR count). The molecule has 168 valence electrons. The normalized spacial score (nSPS) is 17.5. The molecule has 0 saturated carbocycles. The summed E-state index contributed by atoms with van der Waals surface area (Å²) in [7, 11) is 2.87. The van der Waals surface area contributed by atoms with E-state index in [1.165, 1.54) is 25.3 Å². The number of ether oxygens (including phenoxy) is 2. The summed E-state index contributed by atoms with van der Waals surface area (Å²) in [4.78, 5) is 38.2. The molecule has 0 bridgehead atoms. The smallest absolute Gasteiger partial charge is 0.336 e.